The number of benzene rings is 1. The minimum Gasteiger partial charge on any atom is -0.282 e. The first-order chi connectivity index (χ1) is 5.91. The van der Waals surface area contributed by atoms with E-state index >= 15 is 0 Å². The molecule has 0 heterocycles. The molecule has 0 unspecified atom stereocenters. The third-order valence-electron chi connectivity index (χ3n) is 1.84. The molecule has 0 saturated carbocycles. The predicted octanol–water partition coefficient (Wildman–Crippen LogP) is 1.68. The molecule has 1 aromatic carbocycles. The van der Waals surface area contributed by atoms with Gasteiger partial charge in [0.1, 0.15) is 0 Å². The average Bonchev–Trinajstić information content (AvgIpc) is 2.03. The van der Waals surface area contributed by atoms with E-state index in [1.54, 1.807) is 12.1 Å². The van der Waals surface area contributed by atoms with E-state index < -0.39 is 10.1 Å². The average molecular weight is 223 g/mol. The normalized spacial score (nSPS) is 11.1. The monoisotopic (exact) mass is 223 g/mol. The van der Waals surface area contributed by atoms with Crippen LogP contribution in [0.25, 0.3) is 0 Å². The van der Waals surface area contributed by atoms with Crippen LogP contribution in [0.15, 0.2) is 29.2 Å². The Morgan fingerprint density at radius 1 is 1.14 bits per heavy atom. The van der Waals surface area contributed by atoms with Crippen molar-refractivity contribution >= 4 is 39.7 Å². The molecule has 0 aliphatic rings. The zero-order valence-corrected chi connectivity index (χ0v) is 11.4. The van der Waals surface area contributed by atoms with Crippen molar-refractivity contribution in [3.8, 4) is 0 Å². The van der Waals surface area contributed by atoms with Gasteiger partial charge in [-0.15, -0.1) is 0 Å². The molecule has 0 bridgehead atoms. The van der Waals surface area contributed by atoms with Crippen LogP contribution < -0.4 is 0 Å². The summed E-state index contributed by atoms with van der Waals surface area (Å²) in [6, 6.07) is 6.22. The van der Waals surface area contributed by atoms with Crippen LogP contribution in [0.1, 0.15) is 25.3 Å². The van der Waals surface area contributed by atoms with Crippen LogP contribution in [-0.2, 0) is 10.1 Å². The van der Waals surface area contributed by atoms with Crippen molar-refractivity contribution in [2.75, 3.05) is 0 Å². The Bertz CT molecular complexity index is 381. The van der Waals surface area contributed by atoms with Crippen LogP contribution in [-0.4, -0.2) is 42.5 Å². The quantitative estimate of drug-likeness (QED) is 0.613. The van der Waals surface area contributed by atoms with E-state index in [4.69, 9.17) is 4.55 Å². The molecule has 1 aromatic rings. The second kappa shape index (κ2) is 5.28. The van der Waals surface area contributed by atoms with Gasteiger partial charge in [0, 0.05) is 29.6 Å². The maximum atomic E-state index is 10.7. The Morgan fingerprint density at radius 2 is 1.57 bits per heavy atom. The first-order valence-electron chi connectivity index (χ1n) is 3.98. The molecular weight excluding hydrogens is 211 g/mol. The summed E-state index contributed by atoms with van der Waals surface area (Å²) in [6.45, 7) is 4.03. The Hall–Kier alpha value is 0.130. The minimum atomic E-state index is -4.05. The molecule has 1 rings (SSSR count). The SMILES string of the molecule is CC(C)c1ccc(S(=O)(=O)O)cc1.[Na]. The predicted molar refractivity (Wildman–Crippen MR) is 56.1 cm³/mol. The Kier molecular flexibility index (Phi) is 5.33. The van der Waals surface area contributed by atoms with Crippen molar-refractivity contribution in [1.82, 2.24) is 0 Å². The standard InChI is InChI=1S/C9H12O3S.Na/c1-7(2)8-3-5-9(6-4-8)13(10,11)12;/h3-7H,1-2H3,(H,10,11,12);. The summed E-state index contributed by atoms with van der Waals surface area (Å²) < 4.78 is 30.0. The van der Waals surface area contributed by atoms with Crippen LogP contribution in [0, 0.1) is 0 Å². The summed E-state index contributed by atoms with van der Waals surface area (Å²) in [5.41, 5.74) is 1.05. The van der Waals surface area contributed by atoms with Gasteiger partial charge < -0.3 is 0 Å². The van der Waals surface area contributed by atoms with Crippen molar-refractivity contribution in [2.45, 2.75) is 24.7 Å². The van der Waals surface area contributed by atoms with E-state index in [0.29, 0.717) is 5.92 Å². The molecule has 0 fully saturated rings. The van der Waals surface area contributed by atoms with E-state index in [1.807, 2.05) is 13.8 Å². The molecular formula is C9H12NaO3S. The maximum absolute atomic E-state index is 10.7. The van der Waals surface area contributed by atoms with Crippen molar-refractivity contribution in [1.29, 1.82) is 0 Å². The molecule has 73 valence electrons. The number of rotatable bonds is 2. The van der Waals surface area contributed by atoms with Gasteiger partial charge in [-0.1, -0.05) is 26.0 Å². The van der Waals surface area contributed by atoms with E-state index in [-0.39, 0.29) is 34.5 Å². The van der Waals surface area contributed by atoms with Gasteiger partial charge in [-0.05, 0) is 23.6 Å². The zero-order valence-electron chi connectivity index (χ0n) is 8.56. The summed E-state index contributed by atoms with van der Waals surface area (Å²) in [6.07, 6.45) is 0. The summed E-state index contributed by atoms with van der Waals surface area (Å²) in [4.78, 5) is -0.0584. The summed E-state index contributed by atoms with van der Waals surface area (Å²) in [5.74, 6) is 0.357. The smallest absolute Gasteiger partial charge is 0.282 e. The summed E-state index contributed by atoms with van der Waals surface area (Å²) in [7, 11) is -4.05. The topological polar surface area (TPSA) is 54.4 Å². The summed E-state index contributed by atoms with van der Waals surface area (Å²) >= 11 is 0. The van der Waals surface area contributed by atoms with E-state index in [0.717, 1.165) is 5.56 Å². The fraction of sp³-hybridized carbons (Fsp3) is 0.333. The van der Waals surface area contributed by atoms with Crippen LogP contribution in [0.5, 0.6) is 0 Å². The van der Waals surface area contributed by atoms with Crippen LogP contribution in [0.2, 0.25) is 0 Å². The number of hydrogen-bond donors (Lipinski definition) is 1. The molecule has 0 saturated heterocycles. The van der Waals surface area contributed by atoms with Crippen LogP contribution in [0.4, 0.5) is 0 Å². The molecule has 1 N–H and O–H groups in total. The molecule has 0 spiro atoms. The summed E-state index contributed by atoms with van der Waals surface area (Å²) in [5, 5.41) is 0. The zero-order chi connectivity index (χ0) is 10.1. The van der Waals surface area contributed by atoms with Gasteiger partial charge in [-0.3, -0.25) is 4.55 Å². The van der Waals surface area contributed by atoms with Crippen molar-refractivity contribution in [3.63, 3.8) is 0 Å². The Morgan fingerprint density at radius 3 is 1.86 bits per heavy atom. The van der Waals surface area contributed by atoms with Crippen LogP contribution in [0.3, 0.4) is 0 Å². The van der Waals surface area contributed by atoms with E-state index in [9.17, 15) is 8.42 Å². The Labute approximate surface area is 107 Å². The molecule has 1 radical (unpaired) electrons. The minimum absolute atomic E-state index is 0. The first-order valence-corrected chi connectivity index (χ1v) is 5.42. The van der Waals surface area contributed by atoms with Gasteiger partial charge >= 0.3 is 0 Å². The molecule has 0 atom stereocenters. The Balaban J connectivity index is 0.00000169. The molecule has 0 aliphatic heterocycles. The molecule has 0 aliphatic carbocycles. The second-order valence-electron chi connectivity index (χ2n) is 3.20. The van der Waals surface area contributed by atoms with Gasteiger partial charge in [-0.25, -0.2) is 0 Å². The third kappa shape index (κ3) is 3.71. The fourth-order valence-electron chi connectivity index (χ4n) is 1.02. The van der Waals surface area contributed by atoms with E-state index in [1.165, 1.54) is 12.1 Å². The largest absolute Gasteiger partial charge is 0.294 e. The van der Waals surface area contributed by atoms with Crippen molar-refractivity contribution in [3.05, 3.63) is 29.8 Å². The molecule has 3 nitrogen and oxygen atoms in total. The van der Waals surface area contributed by atoms with Gasteiger partial charge in [0.2, 0.25) is 0 Å². The molecule has 14 heavy (non-hydrogen) atoms. The third-order valence-corrected chi connectivity index (χ3v) is 2.71. The van der Waals surface area contributed by atoms with E-state index in [2.05, 4.69) is 0 Å². The molecule has 0 amide bonds. The molecule has 5 heteroatoms. The van der Waals surface area contributed by atoms with Gasteiger partial charge in [0.15, 0.2) is 0 Å². The van der Waals surface area contributed by atoms with Gasteiger partial charge in [-0.2, -0.15) is 8.42 Å². The van der Waals surface area contributed by atoms with Gasteiger partial charge in [0.05, 0.1) is 4.90 Å². The van der Waals surface area contributed by atoms with Crippen LogP contribution >= 0.6 is 0 Å². The number of hydrogen-bond acceptors (Lipinski definition) is 2. The van der Waals surface area contributed by atoms with Crippen molar-refractivity contribution < 1.29 is 13.0 Å². The second-order valence-corrected chi connectivity index (χ2v) is 4.62. The fourth-order valence-corrected chi connectivity index (χ4v) is 1.50. The van der Waals surface area contributed by atoms with Crippen molar-refractivity contribution in [2.24, 2.45) is 0 Å². The van der Waals surface area contributed by atoms with Gasteiger partial charge in [0.25, 0.3) is 10.1 Å². The maximum Gasteiger partial charge on any atom is 0.294 e. The molecule has 0 aromatic heterocycles. The first kappa shape index (κ1) is 14.1.